The summed E-state index contributed by atoms with van der Waals surface area (Å²) in [7, 11) is 0. The highest BCUT2D eigenvalue weighted by Crippen LogP contribution is 2.29. The molecule has 0 amide bonds. The molecule has 0 saturated heterocycles. The van der Waals surface area contributed by atoms with Crippen molar-refractivity contribution in [1.29, 1.82) is 0 Å². The molecule has 0 aliphatic heterocycles. The Labute approximate surface area is 87.3 Å². The maximum absolute atomic E-state index is 12.9. The van der Waals surface area contributed by atoms with Crippen LogP contribution in [-0.4, -0.2) is 17.8 Å². The van der Waals surface area contributed by atoms with Gasteiger partial charge in [0.2, 0.25) is 29.1 Å². The van der Waals surface area contributed by atoms with Gasteiger partial charge in [-0.1, -0.05) is 0 Å². The van der Waals surface area contributed by atoms with Crippen LogP contribution in [0.2, 0.25) is 0 Å². The quantitative estimate of drug-likeness (QED) is 0.500. The van der Waals surface area contributed by atoms with Crippen molar-refractivity contribution in [3.8, 4) is 5.75 Å². The zero-order valence-corrected chi connectivity index (χ0v) is 8.03. The fourth-order valence-electron chi connectivity index (χ4n) is 0.915. The third kappa shape index (κ3) is 2.24. The van der Waals surface area contributed by atoms with E-state index in [4.69, 9.17) is 5.11 Å². The maximum atomic E-state index is 12.9. The molecule has 0 spiro atoms. The number of halogens is 5. The van der Waals surface area contributed by atoms with Gasteiger partial charge in [0, 0.05) is 0 Å². The van der Waals surface area contributed by atoms with Gasteiger partial charge in [0.25, 0.3) is 0 Å². The van der Waals surface area contributed by atoms with E-state index < -0.39 is 47.5 Å². The molecular weight excluding hydrogens is 235 g/mol. The monoisotopic (exact) mass is 242 g/mol. The maximum Gasteiger partial charge on any atom is 0.206 e. The number of hydrogen-bond acceptors (Lipinski definition) is 2. The second-order valence-corrected chi connectivity index (χ2v) is 3.06. The van der Waals surface area contributed by atoms with E-state index in [1.54, 1.807) is 0 Å². The van der Waals surface area contributed by atoms with Gasteiger partial charge in [0.1, 0.15) is 6.61 Å². The highest BCUT2D eigenvalue weighted by Gasteiger charge is 2.27. The summed E-state index contributed by atoms with van der Waals surface area (Å²) < 4.78 is 68.0. The lowest BCUT2D eigenvalue weighted by molar-refractivity contribution is 0.115. The molecule has 7 heteroatoms. The standard InChI is InChI=1S/C9H7F5O2/c1-3(15)2-16-9-7(13)5(11)4(10)6(12)8(9)14/h3,15H,2H2,1H3. The molecule has 1 N–H and O–H groups in total. The van der Waals surface area contributed by atoms with E-state index in [1.807, 2.05) is 0 Å². The van der Waals surface area contributed by atoms with Crippen LogP contribution in [0.25, 0.3) is 0 Å². The molecule has 1 aromatic rings. The summed E-state index contributed by atoms with van der Waals surface area (Å²) >= 11 is 0. The zero-order valence-electron chi connectivity index (χ0n) is 8.03. The van der Waals surface area contributed by atoms with Gasteiger partial charge in [0.15, 0.2) is 5.75 Å². The van der Waals surface area contributed by atoms with E-state index in [9.17, 15) is 22.0 Å². The summed E-state index contributed by atoms with van der Waals surface area (Å²) in [5.74, 6) is -11.9. The minimum Gasteiger partial charge on any atom is -0.485 e. The molecule has 16 heavy (non-hydrogen) atoms. The average molecular weight is 242 g/mol. The SMILES string of the molecule is CC(O)COc1c(F)c(F)c(F)c(F)c1F. The fourth-order valence-corrected chi connectivity index (χ4v) is 0.915. The van der Waals surface area contributed by atoms with Crippen LogP contribution >= 0.6 is 0 Å². The predicted molar refractivity (Wildman–Crippen MR) is 43.4 cm³/mol. The number of benzene rings is 1. The fraction of sp³-hybridized carbons (Fsp3) is 0.333. The van der Waals surface area contributed by atoms with Crippen LogP contribution in [0.4, 0.5) is 22.0 Å². The number of rotatable bonds is 3. The summed E-state index contributed by atoms with van der Waals surface area (Å²) in [4.78, 5) is 0. The van der Waals surface area contributed by atoms with Crippen LogP contribution in [0.15, 0.2) is 0 Å². The van der Waals surface area contributed by atoms with Gasteiger partial charge >= 0.3 is 0 Å². The molecule has 1 unspecified atom stereocenters. The Balaban J connectivity index is 3.18. The predicted octanol–water partition coefficient (Wildman–Crippen LogP) is 2.14. The highest BCUT2D eigenvalue weighted by molar-refractivity contribution is 5.29. The molecule has 1 aromatic carbocycles. The second-order valence-electron chi connectivity index (χ2n) is 3.06. The van der Waals surface area contributed by atoms with Gasteiger partial charge in [0.05, 0.1) is 6.10 Å². The van der Waals surface area contributed by atoms with Crippen molar-refractivity contribution in [2.24, 2.45) is 0 Å². The van der Waals surface area contributed by atoms with Crippen molar-refractivity contribution in [2.75, 3.05) is 6.61 Å². The summed E-state index contributed by atoms with van der Waals surface area (Å²) in [6.07, 6.45) is -1.10. The summed E-state index contributed by atoms with van der Waals surface area (Å²) in [5, 5.41) is 8.76. The first-order valence-electron chi connectivity index (χ1n) is 4.18. The van der Waals surface area contributed by atoms with Gasteiger partial charge < -0.3 is 9.84 Å². The molecule has 0 radical (unpaired) electrons. The Morgan fingerprint density at radius 3 is 1.69 bits per heavy atom. The Bertz CT molecular complexity index is 376. The van der Waals surface area contributed by atoms with Crippen LogP contribution in [0, 0.1) is 29.1 Å². The lowest BCUT2D eigenvalue weighted by atomic mass is 10.2. The molecule has 0 fully saturated rings. The van der Waals surface area contributed by atoms with Crippen molar-refractivity contribution in [3.05, 3.63) is 29.1 Å². The van der Waals surface area contributed by atoms with Crippen molar-refractivity contribution in [3.63, 3.8) is 0 Å². The van der Waals surface area contributed by atoms with Crippen molar-refractivity contribution in [2.45, 2.75) is 13.0 Å². The smallest absolute Gasteiger partial charge is 0.206 e. The molecule has 2 nitrogen and oxygen atoms in total. The normalized spacial score (nSPS) is 12.7. The highest BCUT2D eigenvalue weighted by atomic mass is 19.2. The van der Waals surface area contributed by atoms with Crippen molar-refractivity contribution in [1.82, 2.24) is 0 Å². The Kier molecular flexibility index (Phi) is 3.69. The Morgan fingerprint density at radius 2 is 1.31 bits per heavy atom. The molecule has 0 heterocycles. The number of hydrogen-bond donors (Lipinski definition) is 1. The molecule has 90 valence electrons. The lowest BCUT2D eigenvalue weighted by Gasteiger charge is -2.11. The topological polar surface area (TPSA) is 29.5 Å². The zero-order chi connectivity index (χ0) is 12.5. The molecule has 0 aromatic heterocycles. The van der Waals surface area contributed by atoms with E-state index >= 15 is 0 Å². The molecule has 1 atom stereocenters. The third-order valence-corrected chi connectivity index (χ3v) is 1.64. The minimum atomic E-state index is -2.25. The number of ether oxygens (including phenoxy) is 1. The van der Waals surface area contributed by atoms with Crippen LogP contribution < -0.4 is 4.74 Å². The molecule has 0 aliphatic rings. The summed E-state index contributed by atoms with van der Waals surface area (Å²) in [6.45, 7) is 0.643. The summed E-state index contributed by atoms with van der Waals surface area (Å²) in [5.41, 5.74) is 0. The molecule has 0 saturated carbocycles. The van der Waals surface area contributed by atoms with Gasteiger partial charge in [-0.2, -0.15) is 8.78 Å². The largest absolute Gasteiger partial charge is 0.485 e. The Hall–Kier alpha value is -1.37. The van der Waals surface area contributed by atoms with Crippen LogP contribution in [0.3, 0.4) is 0 Å². The van der Waals surface area contributed by atoms with Crippen LogP contribution in [-0.2, 0) is 0 Å². The number of aliphatic hydroxyl groups is 1. The minimum absolute atomic E-state index is 0.585. The molecule has 0 bridgehead atoms. The van der Waals surface area contributed by atoms with Crippen molar-refractivity contribution >= 4 is 0 Å². The van der Waals surface area contributed by atoms with Gasteiger partial charge in [-0.15, -0.1) is 0 Å². The first-order chi connectivity index (χ1) is 7.36. The molecular formula is C9H7F5O2. The molecule has 1 rings (SSSR count). The van der Waals surface area contributed by atoms with E-state index in [0.717, 1.165) is 0 Å². The van der Waals surface area contributed by atoms with E-state index in [0.29, 0.717) is 0 Å². The van der Waals surface area contributed by atoms with E-state index in [2.05, 4.69) is 4.74 Å². The van der Waals surface area contributed by atoms with E-state index in [-0.39, 0.29) is 0 Å². The van der Waals surface area contributed by atoms with Gasteiger partial charge in [-0.3, -0.25) is 0 Å². The van der Waals surface area contributed by atoms with Crippen LogP contribution in [0.1, 0.15) is 6.92 Å². The van der Waals surface area contributed by atoms with Gasteiger partial charge in [-0.25, -0.2) is 13.2 Å². The third-order valence-electron chi connectivity index (χ3n) is 1.64. The number of aliphatic hydroxyl groups excluding tert-OH is 1. The second kappa shape index (κ2) is 4.65. The first-order valence-corrected chi connectivity index (χ1v) is 4.18. The van der Waals surface area contributed by atoms with Gasteiger partial charge in [-0.05, 0) is 6.92 Å². The average Bonchev–Trinajstić information content (AvgIpc) is 2.23. The van der Waals surface area contributed by atoms with E-state index in [1.165, 1.54) is 6.92 Å². The van der Waals surface area contributed by atoms with Crippen LogP contribution in [0.5, 0.6) is 5.75 Å². The lowest BCUT2D eigenvalue weighted by Crippen LogP contribution is -2.16. The molecule has 0 aliphatic carbocycles. The van der Waals surface area contributed by atoms with Crippen molar-refractivity contribution < 1.29 is 31.8 Å². The summed E-state index contributed by atoms with van der Waals surface area (Å²) in [6, 6.07) is 0. The first kappa shape index (κ1) is 12.7. The Morgan fingerprint density at radius 1 is 0.938 bits per heavy atom.